The average Bonchev–Trinajstić information content (AvgIpc) is 3.82. The summed E-state index contributed by atoms with van der Waals surface area (Å²) in [5.74, 6) is 0. The lowest BCUT2D eigenvalue weighted by molar-refractivity contribution is 0.667. The summed E-state index contributed by atoms with van der Waals surface area (Å²) in [5.41, 5.74) is 16.8. The number of fused-ring (bicyclic) bond motifs is 6. The van der Waals surface area contributed by atoms with Gasteiger partial charge in [0.1, 0.15) is 23.1 Å². The van der Waals surface area contributed by atoms with Crippen LogP contribution in [0.5, 0.6) is 0 Å². The van der Waals surface area contributed by atoms with Crippen molar-refractivity contribution in [2.75, 3.05) is 0 Å². The zero-order valence-corrected chi connectivity index (χ0v) is 30.3. The standard InChI is InChI=1S/C52H33N3O/c1-3-11-34(12-4-1)35-21-23-36(24-22-35)37-13-9-14-38(29-37)41-26-28-49-46(32-41)51-52(56-49)50(53-33-54-51)42-16-10-15-39(30-42)40-25-27-48-45(31-40)44-19-7-8-20-47(44)55(48)43-17-5-2-6-18-43/h1-33H. The lowest BCUT2D eigenvalue weighted by Crippen LogP contribution is -1.92. The van der Waals surface area contributed by atoms with Crippen LogP contribution in [0.15, 0.2) is 205 Å². The van der Waals surface area contributed by atoms with Crippen LogP contribution in [0.4, 0.5) is 0 Å². The van der Waals surface area contributed by atoms with Gasteiger partial charge in [0.25, 0.3) is 0 Å². The molecular formula is C52H33N3O. The molecule has 0 aliphatic heterocycles. The zero-order valence-electron chi connectivity index (χ0n) is 30.3. The fourth-order valence-corrected chi connectivity index (χ4v) is 8.18. The number of rotatable bonds is 6. The van der Waals surface area contributed by atoms with E-state index >= 15 is 0 Å². The molecule has 0 bridgehead atoms. The summed E-state index contributed by atoms with van der Waals surface area (Å²) in [6.07, 6.45) is 1.65. The van der Waals surface area contributed by atoms with Gasteiger partial charge in [0, 0.05) is 27.4 Å². The summed E-state index contributed by atoms with van der Waals surface area (Å²) < 4.78 is 8.88. The van der Waals surface area contributed by atoms with Crippen LogP contribution >= 0.6 is 0 Å². The number of hydrogen-bond donors (Lipinski definition) is 0. The van der Waals surface area contributed by atoms with Gasteiger partial charge in [-0.05, 0) is 99.1 Å². The number of para-hydroxylation sites is 2. The minimum atomic E-state index is 0.686. The number of aromatic nitrogens is 3. The van der Waals surface area contributed by atoms with Crippen molar-refractivity contribution < 1.29 is 4.42 Å². The third-order valence-electron chi connectivity index (χ3n) is 10.9. The molecule has 0 N–H and O–H groups in total. The molecule has 3 heterocycles. The molecule has 0 saturated heterocycles. The van der Waals surface area contributed by atoms with Crippen molar-refractivity contribution in [3.8, 4) is 61.5 Å². The van der Waals surface area contributed by atoms with Crippen LogP contribution in [-0.4, -0.2) is 14.5 Å². The van der Waals surface area contributed by atoms with E-state index in [2.05, 4.69) is 193 Å². The van der Waals surface area contributed by atoms with Gasteiger partial charge in [-0.3, -0.25) is 0 Å². The van der Waals surface area contributed by atoms with E-state index in [9.17, 15) is 0 Å². The first-order chi connectivity index (χ1) is 27.7. The number of furan rings is 1. The highest BCUT2D eigenvalue weighted by Crippen LogP contribution is 2.39. The Balaban J connectivity index is 0.947. The summed E-state index contributed by atoms with van der Waals surface area (Å²) in [6.45, 7) is 0. The Morgan fingerprint density at radius 2 is 0.875 bits per heavy atom. The first-order valence-electron chi connectivity index (χ1n) is 18.9. The third-order valence-corrected chi connectivity index (χ3v) is 10.9. The molecular weight excluding hydrogens is 683 g/mol. The van der Waals surface area contributed by atoms with Gasteiger partial charge in [-0.25, -0.2) is 9.97 Å². The Morgan fingerprint density at radius 1 is 0.357 bits per heavy atom. The minimum Gasteiger partial charge on any atom is -0.452 e. The predicted molar refractivity (Wildman–Crippen MR) is 231 cm³/mol. The second-order valence-electron chi connectivity index (χ2n) is 14.2. The molecule has 0 spiro atoms. The van der Waals surface area contributed by atoms with E-state index in [4.69, 9.17) is 14.4 Å². The molecule has 11 aromatic rings. The van der Waals surface area contributed by atoms with E-state index in [1.165, 1.54) is 44.1 Å². The van der Waals surface area contributed by atoms with Crippen LogP contribution in [0.1, 0.15) is 0 Å². The summed E-state index contributed by atoms with van der Waals surface area (Å²) in [6, 6.07) is 68.9. The van der Waals surface area contributed by atoms with Crippen molar-refractivity contribution in [1.29, 1.82) is 0 Å². The molecule has 0 saturated carbocycles. The van der Waals surface area contributed by atoms with Crippen LogP contribution in [0.3, 0.4) is 0 Å². The fourth-order valence-electron chi connectivity index (χ4n) is 8.18. The largest absolute Gasteiger partial charge is 0.452 e. The van der Waals surface area contributed by atoms with Crippen LogP contribution in [0, 0.1) is 0 Å². The quantitative estimate of drug-likeness (QED) is 0.172. The number of hydrogen-bond acceptors (Lipinski definition) is 3. The predicted octanol–water partition coefficient (Wildman–Crippen LogP) is 13.8. The SMILES string of the molecule is c1ccc(-c2ccc(-c3cccc(-c4ccc5oc6c(-c7cccc(-c8ccc9c(c8)c8ccccc8n9-c8ccccc8)c7)ncnc6c5c4)c3)cc2)cc1. The summed E-state index contributed by atoms with van der Waals surface area (Å²) in [5, 5.41) is 3.42. The Kier molecular flexibility index (Phi) is 7.46. The summed E-state index contributed by atoms with van der Waals surface area (Å²) in [4.78, 5) is 9.53. The Bertz CT molecular complexity index is 3230. The molecule has 0 amide bonds. The van der Waals surface area contributed by atoms with Gasteiger partial charge in [-0.1, -0.05) is 140 Å². The van der Waals surface area contributed by atoms with Gasteiger partial charge >= 0.3 is 0 Å². The van der Waals surface area contributed by atoms with E-state index in [-0.39, 0.29) is 0 Å². The monoisotopic (exact) mass is 715 g/mol. The summed E-state index contributed by atoms with van der Waals surface area (Å²) in [7, 11) is 0. The van der Waals surface area contributed by atoms with E-state index in [1.807, 2.05) is 6.07 Å². The van der Waals surface area contributed by atoms with Crippen molar-refractivity contribution in [1.82, 2.24) is 14.5 Å². The normalized spacial score (nSPS) is 11.6. The minimum absolute atomic E-state index is 0.686. The van der Waals surface area contributed by atoms with E-state index < -0.39 is 0 Å². The van der Waals surface area contributed by atoms with Crippen LogP contribution in [0.2, 0.25) is 0 Å². The lowest BCUT2D eigenvalue weighted by atomic mass is 9.96. The van der Waals surface area contributed by atoms with Gasteiger partial charge in [-0.15, -0.1) is 0 Å². The highest BCUT2D eigenvalue weighted by Gasteiger charge is 2.18. The number of benzene rings is 8. The molecule has 3 aromatic heterocycles. The maximum atomic E-state index is 6.54. The van der Waals surface area contributed by atoms with Gasteiger partial charge < -0.3 is 8.98 Å². The van der Waals surface area contributed by atoms with Gasteiger partial charge in [-0.2, -0.15) is 0 Å². The Labute approximate surface area is 323 Å². The molecule has 8 aromatic carbocycles. The van der Waals surface area contributed by atoms with E-state index in [0.717, 1.165) is 55.7 Å². The Hall–Kier alpha value is -7.56. The molecule has 11 rings (SSSR count). The molecule has 4 heteroatoms. The van der Waals surface area contributed by atoms with Crippen molar-refractivity contribution >= 4 is 43.9 Å². The van der Waals surface area contributed by atoms with Gasteiger partial charge in [0.05, 0.1) is 11.0 Å². The van der Waals surface area contributed by atoms with E-state index in [1.54, 1.807) is 6.33 Å². The lowest BCUT2D eigenvalue weighted by Gasteiger charge is -2.09. The molecule has 56 heavy (non-hydrogen) atoms. The van der Waals surface area contributed by atoms with Gasteiger partial charge in [0.15, 0.2) is 5.58 Å². The van der Waals surface area contributed by atoms with Gasteiger partial charge in [0.2, 0.25) is 0 Å². The smallest absolute Gasteiger partial charge is 0.180 e. The molecule has 0 atom stereocenters. The molecule has 0 radical (unpaired) electrons. The zero-order chi connectivity index (χ0) is 37.0. The van der Waals surface area contributed by atoms with Crippen molar-refractivity contribution in [3.05, 3.63) is 200 Å². The fraction of sp³-hybridized carbons (Fsp3) is 0. The second kappa shape index (κ2) is 13.1. The average molecular weight is 716 g/mol. The van der Waals surface area contributed by atoms with Crippen LogP contribution in [-0.2, 0) is 0 Å². The molecule has 0 unspecified atom stereocenters. The molecule has 0 fully saturated rings. The Morgan fingerprint density at radius 3 is 1.64 bits per heavy atom. The number of nitrogens with zero attached hydrogens (tertiary/aromatic N) is 3. The first-order valence-corrected chi connectivity index (χ1v) is 18.9. The summed E-state index contributed by atoms with van der Waals surface area (Å²) >= 11 is 0. The van der Waals surface area contributed by atoms with E-state index in [0.29, 0.717) is 5.58 Å². The second-order valence-corrected chi connectivity index (χ2v) is 14.2. The maximum Gasteiger partial charge on any atom is 0.180 e. The van der Waals surface area contributed by atoms with Crippen LogP contribution in [0.25, 0.3) is 105 Å². The first kappa shape index (κ1) is 31.9. The third kappa shape index (κ3) is 5.39. The molecule has 4 nitrogen and oxygen atoms in total. The van der Waals surface area contributed by atoms with Crippen molar-refractivity contribution in [2.24, 2.45) is 0 Å². The maximum absolute atomic E-state index is 6.54. The topological polar surface area (TPSA) is 43.9 Å². The van der Waals surface area contributed by atoms with Crippen LogP contribution < -0.4 is 0 Å². The molecule has 262 valence electrons. The highest BCUT2D eigenvalue weighted by atomic mass is 16.3. The molecule has 0 aliphatic rings. The van der Waals surface area contributed by atoms with Crippen molar-refractivity contribution in [3.63, 3.8) is 0 Å². The molecule has 0 aliphatic carbocycles. The highest BCUT2D eigenvalue weighted by molar-refractivity contribution is 6.11. The van der Waals surface area contributed by atoms with Crippen molar-refractivity contribution in [2.45, 2.75) is 0 Å².